The molecule has 0 atom stereocenters. The van der Waals surface area contributed by atoms with Crippen LogP contribution < -0.4 is 15.5 Å². The number of pyridine rings is 1. The highest BCUT2D eigenvalue weighted by atomic mass is 16.5. The van der Waals surface area contributed by atoms with Gasteiger partial charge in [-0.3, -0.25) is 10.4 Å². The summed E-state index contributed by atoms with van der Waals surface area (Å²) in [6, 6.07) is 11.2. The van der Waals surface area contributed by atoms with E-state index in [-0.39, 0.29) is 12.1 Å². The normalized spacial score (nSPS) is 14.3. The molecule has 4 rings (SSSR count). The molecule has 134 valence electrons. The fourth-order valence-electron chi connectivity index (χ4n) is 2.91. The summed E-state index contributed by atoms with van der Waals surface area (Å²) in [6.07, 6.45) is 1.98. The topological polar surface area (TPSA) is 95.2 Å². The van der Waals surface area contributed by atoms with Gasteiger partial charge in [-0.05, 0) is 5.56 Å². The Hall–Kier alpha value is -3.13. The Balaban J connectivity index is 1.39. The number of hydrogen-bond acceptors (Lipinski definition) is 5. The van der Waals surface area contributed by atoms with Gasteiger partial charge in [0.15, 0.2) is 5.82 Å². The van der Waals surface area contributed by atoms with Crippen LogP contribution in [0.2, 0.25) is 0 Å². The maximum absolute atomic E-state index is 12.0. The molecule has 0 radical (unpaired) electrons. The van der Waals surface area contributed by atoms with Crippen molar-refractivity contribution in [3.05, 3.63) is 48.2 Å². The minimum absolute atomic E-state index is 0.254. The van der Waals surface area contributed by atoms with Crippen molar-refractivity contribution in [1.29, 1.82) is 0 Å². The van der Waals surface area contributed by atoms with Gasteiger partial charge >= 0.3 is 6.03 Å². The number of H-pyrrole nitrogens is 1. The van der Waals surface area contributed by atoms with E-state index in [4.69, 9.17) is 4.74 Å². The first-order valence-electron chi connectivity index (χ1n) is 8.43. The number of ether oxygens (including phenoxy) is 1. The van der Waals surface area contributed by atoms with Crippen molar-refractivity contribution < 1.29 is 9.53 Å². The second kappa shape index (κ2) is 7.01. The number of hydrogen-bond donors (Lipinski definition) is 3. The number of anilines is 2. The minimum Gasteiger partial charge on any atom is -0.378 e. The van der Waals surface area contributed by atoms with Gasteiger partial charge < -0.3 is 15.0 Å². The standard InChI is InChI=1S/C18H20N6O2/c1-26-13-10-24(11-13)17-14-9-19-16(7-15(14)22-23-17)21-18(25)20-8-12-5-3-2-4-6-12/h2-7,9,13H,8,10-11H2,1H3,(H,22,23)(H2,19,20,21,25). The Morgan fingerprint density at radius 2 is 2.15 bits per heavy atom. The van der Waals surface area contributed by atoms with Crippen LogP contribution in [0.5, 0.6) is 0 Å². The predicted molar refractivity (Wildman–Crippen MR) is 99.2 cm³/mol. The highest BCUT2D eigenvalue weighted by Crippen LogP contribution is 2.28. The van der Waals surface area contributed by atoms with E-state index in [2.05, 4.69) is 30.7 Å². The smallest absolute Gasteiger partial charge is 0.320 e. The van der Waals surface area contributed by atoms with E-state index in [1.807, 2.05) is 30.3 Å². The number of methoxy groups -OCH3 is 1. The summed E-state index contributed by atoms with van der Waals surface area (Å²) in [6.45, 7) is 2.09. The molecule has 1 aliphatic rings. The summed E-state index contributed by atoms with van der Waals surface area (Å²) in [4.78, 5) is 18.5. The third-order valence-corrected chi connectivity index (χ3v) is 4.45. The molecule has 1 aromatic carbocycles. The third-order valence-electron chi connectivity index (χ3n) is 4.45. The molecule has 1 aliphatic heterocycles. The van der Waals surface area contributed by atoms with Crippen LogP contribution >= 0.6 is 0 Å². The predicted octanol–water partition coefficient (Wildman–Crippen LogP) is 2.11. The summed E-state index contributed by atoms with van der Waals surface area (Å²) < 4.78 is 5.29. The highest BCUT2D eigenvalue weighted by molar-refractivity contribution is 5.94. The van der Waals surface area contributed by atoms with Gasteiger partial charge in [-0.25, -0.2) is 9.78 Å². The molecule has 8 nitrogen and oxygen atoms in total. The van der Waals surface area contributed by atoms with Crippen LogP contribution in [0.1, 0.15) is 5.56 Å². The molecule has 3 N–H and O–H groups in total. The molecule has 0 unspecified atom stereocenters. The van der Waals surface area contributed by atoms with Crippen molar-refractivity contribution in [3.63, 3.8) is 0 Å². The molecule has 0 bridgehead atoms. The van der Waals surface area contributed by atoms with Gasteiger partial charge in [-0.2, -0.15) is 5.10 Å². The second-order valence-electron chi connectivity index (χ2n) is 6.22. The Bertz CT molecular complexity index is 904. The number of fused-ring (bicyclic) bond motifs is 1. The van der Waals surface area contributed by atoms with Gasteiger partial charge in [0.1, 0.15) is 5.82 Å². The van der Waals surface area contributed by atoms with Crippen LogP contribution in [0, 0.1) is 0 Å². The van der Waals surface area contributed by atoms with Gasteiger partial charge in [-0.1, -0.05) is 30.3 Å². The number of nitrogens with zero attached hydrogens (tertiary/aromatic N) is 3. The van der Waals surface area contributed by atoms with Gasteiger partial charge in [-0.15, -0.1) is 0 Å². The lowest BCUT2D eigenvalue weighted by Gasteiger charge is -2.38. The van der Waals surface area contributed by atoms with Crippen LogP contribution in [0.25, 0.3) is 10.9 Å². The van der Waals surface area contributed by atoms with Crippen molar-refractivity contribution >= 4 is 28.6 Å². The number of amides is 2. The molecule has 0 spiro atoms. The maximum atomic E-state index is 12.0. The Morgan fingerprint density at radius 3 is 2.92 bits per heavy atom. The van der Waals surface area contributed by atoms with Gasteiger partial charge in [0.25, 0.3) is 0 Å². The number of urea groups is 1. The van der Waals surface area contributed by atoms with E-state index in [1.54, 1.807) is 19.4 Å². The Morgan fingerprint density at radius 1 is 1.35 bits per heavy atom. The summed E-state index contributed by atoms with van der Waals surface area (Å²) in [5.74, 6) is 1.33. The first kappa shape index (κ1) is 16.3. The SMILES string of the molecule is COC1CN(c2n[nH]c3cc(NC(=O)NCc4ccccc4)ncc23)C1. The fraction of sp³-hybridized carbons (Fsp3) is 0.278. The lowest BCUT2D eigenvalue weighted by Crippen LogP contribution is -2.52. The zero-order chi connectivity index (χ0) is 17.9. The quantitative estimate of drug-likeness (QED) is 0.654. The van der Waals surface area contributed by atoms with Crippen molar-refractivity contribution in [2.75, 3.05) is 30.4 Å². The second-order valence-corrected chi connectivity index (χ2v) is 6.22. The molecule has 3 aromatic rings. The molecule has 3 heterocycles. The van der Waals surface area contributed by atoms with E-state index < -0.39 is 0 Å². The molecule has 2 amide bonds. The van der Waals surface area contributed by atoms with E-state index in [1.165, 1.54) is 0 Å². The zero-order valence-electron chi connectivity index (χ0n) is 14.4. The highest BCUT2D eigenvalue weighted by Gasteiger charge is 2.29. The van der Waals surface area contributed by atoms with Crippen LogP contribution in [0.3, 0.4) is 0 Å². The van der Waals surface area contributed by atoms with E-state index in [0.717, 1.165) is 35.4 Å². The summed E-state index contributed by atoms with van der Waals surface area (Å²) in [7, 11) is 1.72. The first-order chi connectivity index (χ1) is 12.7. The number of rotatable bonds is 5. The summed E-state index contributed by atoms with van der Waals surface area (Å²) in [5, 5.41) is 13.8. The van der Waals surface area contributed by atoms with Gasteiger partial charge in [0.05, 0.1) is 17.0 Å². The van der Waals surface area contributed by atoms with Crippen LogP contribution in [-0.4, -0.2) is 47.5 Å². The van der Waals surface area contributed by atoms with Crippen molar-refractivity contribution in [1.82, 2.24) is 20.5 Å². The van der Waals surface area contributed by atoms with E-state index in [9.17, 15) is 4.79 Å². The number of aromatic nitrogens is 3. The minimum atomic E-state index is -0.300. The molecule has 2 aromatic heterocycles. The maximum Gasteiger partial charge on any atom is 0.320 e. The summed E-state index contributed by atoms with van der Waals surface area (Å²) >= 11 is 0. The molecule has 0 aliphatic carbocycles. The van der Waals surface area contributed by atoms with Gasteiger partial charge in [0, 0.05) is 39.0 Å². The number of carbonyl (C=O) groups excluding carboxylic acids is 1. The number of nitrogens with one attached hydrogen (secondary N) is 3. The van der Waals surface area contributed by atoms with Gasteiger partial charge in [0.2, 0.25) is 0 Å². The first-order valence-corrected chi connectivity index (χ1v) is 8.43. The van der Waals surface area contributed by atoms with Crippen LogP contribution in [0.15, 0.2) is 42.6 Å². The lowest BCUT2D eigenvalue weighted by molar-refractivity contribution is 0.0784. The molecule has 26 heavy (non-hydrogen) atoms. The molecule has 0 saturated carbocycles. The molecular weight excluding hydrogens is 332 g/mol. The number of benzene rings is 1. The van der Waals surface area contributed by atoms with Crippen LogP contribution in [-0.2, 0) is 11.3 Å². The van der Waals surface area contributed by atoms with Crippen molar-refractivity contribution in [3.8, 4) is 0 Å². The Labute approximate surface area is 150 Å². The van der Waals surface area contributed by atoms with Crippen LogP contribution in [0.4, 0.5) is 16.4 Å². The zero-order valence-corrected chi connectivity index (χ0v) is 14.4. The summed E-state index contributed by atoms with van der Waals surface area (Å²) in [5.41, 5.74) is 1.86. The molecule has 1 fully saturated rings. The number of carbonyl (C=O) groups is 1. The molecule has 8 heteroatoms. The van der Waals surface area contributed by atoms with Crippen molar-refractivity contribution in [2.45, 2.75) is 12.6 Å². The third kappa shape index (κ3) is 3.31. The molecule has 1 saturated heterocycles. The number of aromatic amines is 1. The largest absolute Gasteiger partial charge is 0.378 e. The van der Waals surface area contributed by atoms with E-state index >= 15 is 0 Å². The molecular formula is C18H20N6O2. The fourth-order valence-corrected chi connectivity index (χ4v) is 2.91. The Kier molecular flexibility index (Phi) is 4.40. The van der Waals surface area contributed by atoms with E-state index in [0.29, 0.717) is 12.4 Å². The lowest BCUT2D eigenvalue weighted by atomic mass is 10.1. The average Bonchev–Trinajstić information content (AvgIpc) is 3.03. The van der Waals surface area contributed by atoms with Crippen molar-refractivity contribution in [2.24, 2.45) is 0 Å². The average molecular weight is 352 g/mol. The monoisotopic (exact) mass is 352 g/mol.